The molecule has 3 aromatic carbocycles. The molecule has 2 aliphatic heterocycles. The third kappa shape index (κ3) is 3.84. The van der Waals surface area contributed by atoms with Crippen LogP contribution < -0.4 is 0 Å². The molecule has 6 heteroatoms. The summed E-state index contributed by atoms with van der Waals surface area (Å²) in [6.45, 7) is 5.11. The maximum Gasteiger partial charge on any atom is 0.254 e. The Bertz CT molecular complexity index is 1490. The summed E-state index contributed by atoms with van der Waals surface area (Å²) in [5, 5.41) is 1.80. The van der Waals surface area contributed by atoms with Crippen molar-refractivity contribution in [2.24, 2.45) is 0 Å². The molecular formula is C31H30ClN3O2. The van der Waals surface area contributed by atoms with E-state index in [9.17, 15) is 9.59 Å². The summed E-state index contributed by atoms with van der Waals surface area (Å²) in [6.07, 6.45) is 1.64. The van der Waals surface area contributed by atoms with Crippen LogP contribution in [-0.4, -0.2) is 46.2 Å². The molecule has 4 aromatic rings. The molecule has 2 atom stereocenters. The second-order valence-corrected chi connectivity index (χ2v) is 10.7. The van der Waals surface area contributed by atoms with Gasteiger partial charge in [-0.2, -0.15) is 0 Å². The fraction of sp³-hybridized carbons (Fsp3) is 0.290. The van der Waals surface area contributed by atoms with Crippen molar-refractivity contribution >= 4 is 34.3 Å². The van der Waals surface area contributed by atoms with Gasteiger partial charge in [-0.3, -0.25) is 9.59 Å². The van der Waals surface area contributed by atoms with Crippen molar-refractivity contribution in [3.63, 3.8) is 0 Å². The molecule has 0 unspecified atom stereocenters. The molecule has 0 saturated carbocycles. The van der Waals surface area contributed by atoms with E-state index in [1.165, 1.54) is 5.56 Å². The standard InChI is InChI=1S/C31H30ClN3O2/c1-3-20-8-12-22(13-9-20)25-18-35-27(36)19-34(17-16-21-10-14-23(32)15-11-21)30(37)31(35,2)29-28(25)24-6-4-5-7-26(24)33-29/h4-15,25,33H,3,16-19H2,1-2H3/t25-,31-/m0/s1. The first-order valence-corrected chi connectivity index (χ1v) is 13.3. The number of aryl methyl sites for hydroxylation is 1. The van der Waals surface area contributed by atoms with Gasteiger partial charge in [-0.15, -0.1) is 0 Å². The van der Waals surface area contributed by atoms with E-state index in [2.05, 4.69) is 42.2 Å². The summed E-state index contributed by atoms with van der Waals surface area (Å²) < 4.78 is 0. The molecule has 5 nitrogen and oxygen atoms in total. The molecule has 2 amide bonds. The van der Waals surface area contributed by atoms with Crippen molar-refractivity contribution in [1.29, 1.82) is 0 Å². The number of rotatable bonds is 5. The summed E-state index contributed by atoms with van der Waals surface area (Å²) in [5.41, 5.74) is 5.40. The Balaban J connectivity index is 1.42. The predicted octanol–water partition coefficient (Wildman–Crippen LogP) is 5.66. The zero-order valence-electron chi connectivity index (χ0n) is 21.1. The van der Waals surface area contributed by atoms with E-state index in [0.29, 0.717) is 24.5 Å². The lowest BCUT2D eigenvalue weighted by Crippen LogP contribution is -2.67. The lowest BCUT2D eigenvalue weighted by Gasteiger charge is -2.51. The highest BCUT2D eigenvalue weighted by Crippen LogP contribution is 2.48. The number of amides is 2. The number of benzene rings is 3. The van der Waals surface area contributed by atoms with E-state index in [1.54, 1.807) is 4.90 Å². The quantitative estimate of drug-likeness (QED) is 0.376. The number of nitrogens with zero attached hydrogens (tertiary/aromatic N) is 2. The Labute approximate surface area is 222 Å². The van der Waals surface area contributed by atoms with E-state index in [4.69, 9.17) is 11.6 Å². The zero-order valence-corrected chi connectivity index (χ0v) is 21.9. The van der Waals surface area contributed by atoms with Gasteiger partial charge in [0.2, 0.25) is 5.91 Å². The van der Waals surface area contributed by atoms with Gasteiger partial charge in [-0.05, 0) is 60.2 Å². The molecule has 0 radical (unpaired) electrons. The average molecular weight is 512 g/mol. The number of halogens is 1. The molecular weight excluding hydrogens is 482 g/mol. The second-order valence-electron chi connectivity index (χ2n) is 10.3. The minimum Gasteiger partial charge on any atom is -0.356 e. The zero-order chi connectivity index (χ0) is 25.7. The van der Waals surface area contributed by atoms with Crippen molar-refractivity contribution < 1.29 is 9.59 Å². The number of H-pyrrole nitrogens is 1. The van der Waals surface area contributed by atoms with Gasteiger partial charge in [-0.1, -0.05) is 73.1 Å². The molecule has 6 rings (SSSR count). The van der Waals surface area contributed by atoms with Crippen LogP contribution in [0.15, 0.2) is 72.8 Å². The number of fused-ring (bicyclic) bond motifs is 5. The Morgan fingerprint density at radius 3 is 2.41 bits per heavy atom. The van der Waals surface area contributed by atoms with Crippen LogP contribution in [0.1, 0.15) is 47.7 Å². The average Bonchev–Trinajstić information content (AvgIpc) is 3.32. The first-order chi connectivity index (χ1) is 17.9. The molecule has 1 saturated heterocycles. The highest BCUT2D eigenvalue weighted by Gasteiger charge is 2.56. The molecule has 188 valence electrons. The van der Waals surface area contributed by atoms with Crippen LogP contribution in [0.4, 0.5) is 0 Å². The van der Waals surface area contributed by atoms with Crippen LogP contribution in [0.3, 0.4) is 0 Å². The number of carbonyl (C=O) groups is 2. The molecule has 0 bridgehead atoms. The summed E-state index contributed by atoms with van der Waals surface area (Å²) in [4.78, 5) is 34.9. The normalized spacial score (nSPS) is 21.3. The third-order valence-corrected chi connectivity index (χ3v) is 8.44. The topological polar surface area (TPSA) is 56.4 Å². The maximum absolute atomic E-state index is 14.2. The Morgan fingerprint density at radius 1 is 0.973 bits per heavy atom. The lowest BCUT2D eigenvalue weighted by molar-refractivity contribution is -0.166. The molecule has 37 heavy (non-hydrogen) atoms. The first-order valence-electron chi connectivity index (χ1n) is 12.9. The number of hydrogen-bond donors (Lipinski definition) is 1. The molecule has 1 N–H and O–H groups in total. The molecule has 1 fully saturated rings. The van der Waals surface area contributed by atoms with Crippen LogP contribution in [0.5, 0.6) is 0 Å². The Hall–Kier alpha value is -3.57. The number of hydrogen-bond acceptors (Lipinski definition) is 2. The summed E-state index contributed by atoms with van der Waals surface area (Å²) in [6, 6.07) is 24.5. The summed E-state index contributed by atoms with van der Waals surface area (Å²) in [7, 11) is 0. The van der Waals surface area contributed by atoms with Crippen molar-refractivity contribution in [3.8, 4) is 0 Å². The largest absolute Gasteiger partial charge is 0.356 e. The maximum atomic E-state index is 14.2. The van der Waals surface area contributed by atoms with Gasteiger partial charge in [-0.25, -0.2) is 0 Å². The summed E-state index contributed by atoms with van der Waals surface area (Å²) in [5.74, 6) is -0.0613. The molecule has 2 aliphatic rings. The van der Waals surface area contributed by atoms with Crippen molar-refractivity contribution in [2.45, 2.75) is 38.1 Å². The monoisotopic (exact) mass is 511 g/mol. The number of aromatic amines is 1. The van der Waals surface area contributed by atoms with E-state index < -0.39 is 5.54 Å². The molecule has 0 spiro atoms. The van der Waals surface area contributed by atoms with Gasteiger partial charge in [0.15, 0.2) is 5.54 Å². The molecule has 1 aromatic heterocycles. The predicted molar refractivity (Wildman–Crippen MR) is 147 cm³/mol. The van der Waals surface area contributed by atoms with Gasteiger partial charge >= 0.3 is 0 Å². The number of piperazine rings is 1. The highest BCUT2D eigenvalue weighted by molar-refractivity contribution is 6.30. The minimum absolute atomic E-state index is 0.0116. The number of para-hydroxylation sites is 1. The number of carbonyl (C=O) groups excluding carboxylic acids is 2. The van der Waals surface area contributed by atoms with Crippen LogP contribution in [0.25, 0.3) is 10.9 Å². The fourth-order valence-corrected chi connectivity index (χ4v) is 6.18. The van der Waals surface area contributed by atoms with Crippen LogP contribution >= 0.6 is 11.6 Å². The van der Waals surface area contributed by atoms with Gasteiger partial charge in [0, 0.05) is 34.9 Å². The molecule has 0 aliphatic carbocycles. The SMILES string of the molecule is CCc1ccc([C@@H]2CN3C(=O)CN(CCc4ccc(Cl)cc4)C(=O)[C@]3(C)c3[nH]c4ccccc4c32)cc1. The highest BCUT2D eigenvalue weighted by atomic mass is 35.5. The van der Waals surface area contributed by atoms with E-state index in [0.717, 1.165) is 39.7 Å². The van der Waals surface area contributed by atoms with Gasteiger partial charge in [0.25, 0.3) is 5.91 Å². The van der Waals surface area contributed by atoms with Gasteiger partial charge in [0.1, 0.15) is 0 Å². The third-order valence-electron chi connectivity index (χ3n) is 8.19. The van der Waals surface area contributed by atoms with E-state index in [1.807, 2.05) is 54.3 Å². The number of nitrogens with one attached hydrogen (secondary N) is 1. The molecule has 3 heterocycles. The minimum atomic E-state index is -1.08. The van der Waals surface area contributed by atoms with Gasteiger partial charge < -0.3 is 14.8 Å². The van der Waals surface area contributed by atoms with E-state index >= 15 is 0 Å². The van der Waals surface area contributed by atoms with Gasteiger partial charge in [0.05, 0.1) is 12.2 Å². The van der Waals surface area contributed by atoms with Crippen molar-refractivity contribution in [1.82, 2.24) is 14.8 Å². The summed E-state index contributed by atoms with van der Waals surface area (Å²) >= 11 is 6.03. The van der Waals surface area contributed by atoms with Crippen LogP contribution in [-0.2, 0) is 28.0 Å². The number of aromatic nitrogens is 1. The fourth-order valence-electron chi connectivity index (χ4n) is 6.06. The Morgan fingerprint density at radius 2 is 1.68 bits per heavy atom. The van der Waals surface area contributed by atoms with Crippen molar-refractivity contribution in [3.05, 3.63) is 106 Å². The van der Waals surface area contributed by atoms with Crippen LogP contribution in [0.2, 0.25) is 5.02 Å². The lowest BCUT2D eigenvalue weighted by atomic mass is 9.76. The Kier molecular flexibility index (Phi) is 5.84. The smallest absolute Gasteiger partial charge is 0.254 e. The first kappa shape index (κ1) is 23.8. The second kappa shape index (κ2) is 9.07. The van der Waals surface area contributed by atoms with Crippen LogP contribution in [0, 0.1) is 0 Å². The van der Waals surface area contributed by atoms with Crippen molar-refractivity contribution in [2.75, 3.05) is 19.6 Å². The van der Waals surface area contributed by atoms with E-state index in [-0.39, 0.29) is 24.3 Å².